The topological polar surface area (TPSA) is 58.2 Å². The summed E-state index contributed by atoms with van der Waals surface area (Å²) in [4.78, 5) is 23.8. The van der Waals surface area contributed by atoms with E-state index >= 15 is 0 Å². The van der Waals surface area contributed by atoms with Crippen LogP contribution >= 0.6 is 11.6 Å². The lowest BCUT2D eigenvalue weighted by molar-refractivity contribution is -0.116. The first-order valence-electron chi connectivity index (χ1n) is 6.77. The molecule has 0 heterocycles. The van der Waals surface area contributed by atoms with Gasteiger partial charge in [-0.3, -0.25) is 9.59 Å². The Hall–Kier alpha value is -1.55. The molecule has 0 saturated heterocycles. The highest BCUT2D eigenvalue weighted by Gasteiger charge is 2.12. The molecular weight excluding hydrogens is 276 g/mol. The molecule has 1 rings (SSSR count). The molecule has 0 unspecified atom stereocenters. The highest BCUT2D eigenvalue weighted by molar-refractivity contribution is 6.18. The van der Waals surface area contributed by atoms with E-state index < -0.39 is 0 Å². The van der Waals surface area contributed by atoms with Gasteiger partial charge in [0.2, 0.25) is 5.91 Å². The maximum Gasteiger partial charge on any atom is 0.253 e. The van der Waals surface area contributed by atoms with Gasteiger partial charge in [0.25, 0.3) is 5.91 Å². The van der Waals surface area contributed by atoms with E-state index in [-0.39, 0.29) is 11.8 Å². The first-order chi connectivity index (χ1) is 9.54. The zero-order valence-electron chi connectivity index (χ0n) is 11.9. The Labute approximate surface area is 124 Å². The summed E-state index contributed by atoms with van der Waals surface area (Å²) in [6.07, 6.45) is 0.973. The number of carbonyl (C=O) groups is 2. The van der Waals surface area contributed by atoms with E-state index in [0.29, 0.717) is 42.4 Å². The molecule has 2 N–H and O–H groups in total. The molecule has 2 amide bonds. The summed E-state index contributed by atoms with van der Waals surface area (Å²) in [6.45, 7) is 4.66. The molecule has 0 aliphatic carbocycles. The summed E-state index contributed by atoms with van der Waals surface area (Å²) >= 11 is 5.56. The summed E-state index contributed by atoms with van der Waals surface area (Å²) in [5.74, 6) is 0.523. The molecule has 0 aliphatic heterocycles. The van der Waals surface area contributed by atoms with Crippen molar-refractivity contribution in [3.05, 3.63) is 29.8 Å². The van der Waals surface area contributed by atoms with Gasteiger partial charge >= 0.3 is 0 Å². The zero-order chi connectivity index (χ0) is 15.0. The molecule has 4 nitrogen and oxygen atoms in total. The van der Waals surface area contributed by atoms with Crippen molar-refractivity contribution in [3.63, 3.8) is 0 Å². The van der Waals surface area contributed by atoms with Crippen molar-refractivity contribution in [3.8, 4) is 0 Å². The molecule has 0 aliphatic rings. The maximum atomic E-state index is 12.1. The fourth-order valence-electron chi connectivity index (χ4n) is 1.62. The number of para-hydroxylation sites is 1. The maximum absolute atomic E-state index is 12.1. The van der Waals surface area contributed by atoms with Crippen LogP contribution in [0.5, 0.6) is 0 Å². The summed E-state index contributed by atoms with van der Waals surface area (Å²) < 4.78 is 0. The van der Waals surface area contributed by atoms with Crippen molar-refractivity contribution >= 4 is 29.1 Å². The van der Waals surface area contributed by atoms with Crippen LogP contribution in [0.2, 0.25) is 0 Å². The van der Waals surface area contributed by atoms with Crippen LogP contribution < -0.4 is 10.6 Å². The van der Waals surface area contributed by atoms with E-state index in [4.69, 9.17) is 11.6 Å². The Balaban J connectivity index is 2.72. The monoisotopic (exact) mass is 296 g/mol. The number of hydrogen-bond acceptors (Lipinski definition) is 2. The van der Waals surface area contributed by atoms with Gasteiger partial charge in [-0.15, -0.1) is 11.6 Å². The second kappa shape index (κ2) is 8.59. The highest BCUT2D eigenvalue weighted by atomic mass is 35.5. The summed E-state index contributed by atoms with van der Waals surface area (Å²) in [7, 11) is 0. The molecule has 0 radical (unpaired) electrons. The molecule has 0 spiro atoms. The second-order valence-electron chi connectivity index (χ2n) is 4.99. The van der Waals surface area contributed by atoms with Crippen molar-refractivity contribution in [1.82, 2.24) is 5.32 Å². The number of halogens is 1. The van der Waals surface area contributed by atoms with Gasteiger partial charge in [0.15, 0.2) is 0 Å². The third-order valence-corrected chi connectivity index (χ3v) is 2.92. The number of anilines is 1. The van der Waals surface area contributed by atoms with Gasteiger partial charge in [0, 0.05) is 18.8 Å². The predicted octanol–water partition coefficient (Wildman–Crippen LogP) is 3.03. The fourth-order valence-corrected chi connectivity index (χ4v) is 1.76. The average Bonchev–Trinajstić information content (AvgIpc) is 2.43. The number of nitrogens with one attached hydrogen (secondary N) is 2. The van der Waals surface area contributed by atoms with E-state index in [0.717, 1.165) is 0 Å². The largest absolute Gasteiger partial charge is 0.352 e. The van der Waals surface area contributed by atoms with Crippen LogP contribution in [-0.4, -0.2) is 24.2 Å². The minimum atomic E-state index is -0.174. The van der Waals surface area contributed by atoms with Gasteiger partial charge in [-0.2, -0.15) is 0 Å². The summed E-state index contributed by atoms with van der Waals surface area (Å²) in [5.41, 5.74) is 1.01. The van der Waals surface area contributed by atoms with Gasteiger partial charge in [-0.1, -0.05) is 26.0 Å². The predicted molar refractivity (Wildman–Crippen MR) is 82.2 cm³/mol. The molecule has 0 aromatic heterocycles. The second-order valence-corrected chi connectivity index (χ2v) is 5.37. The third-order valence-electron chi connectivity index (χ3n) is 2.65. The molecule has 5 heteroatoms. The molecule has 1 aromatic rings. The molecule has 0 bridgehead atoms. The van der Waals surface area contributed by atoms with Crippen molar-refractivity contribution < 1.29 is 9.59 Å². The normalized spacial score (nSPS) is 10.4. The standard InChI is InChI=1S/C15H21ClN2O2/c1-11(2)10-17-15(20)12-6-3-4-7-13(12)18-14(19)8-5-9-16/h3-4,6-7,11H,5,8-10H2,1-2H3,(H,17,20)(H,18,19). The van der Waals surface area contributed by atoms with Crippen molar-refractivity contribution in [1.29, 1.82) is 0 Å². The van der Waals surface area contributed by atoms with Crippen LogP contribution in [0, 0.1) is 5.92 Å². The van der Waals surface area contributed by atoms with Gasteiger partial charge in [-0.25, -0.2) is 0 Å². The van der Waals surface area contributed by atoms with E-state index in [1.807, 2.05) is 13.8 Å². The molecule has 0 fully saturated rings. The van der Waals surface area contributed by atoms with E-state index in [9.17, 15) is 9.59 Å². The van der Waals surface area contributed by atoms with Crippen LogP contribution in [0.1, 0.15) is 37.0 Å². The molecule has 0 atom stereocenters. The number of carbonyl (C=O) groups excluding carboxylic acids is 2. The van der Waals surface area contributed by atoms with Crippen molar-refractivity contribution in [2.75, 3.05) is 17.7 Å². The number of rotatable bonds is 7. The highest BCUT2D eigenvalue weighted by Crippen LogP contribution is 2.15. The lowest BCUT2D eigenvalue weighted by atomic mass is 10.1. The SMILES string of the molecule is CC(C)CNC(=O)c1ccccc1NC(=O)CCCCl. The number of amides is 2. The van der Waals surface area contributed by atoms with E-state index in [1.165, 1.54) is 0 Å². The fraction of sp³-hybridized carbons (Fsp3) is 0.467. The Kier molecular flexibility index (Phi) is 7.09. The smallest absolute Gasteiger partial charge is 0.253 e. The number of benzene rings is 1. The van der Waals surface area contributed by atoms with E-state index in [1.54, 1.807) is 24.3 Å². The lowest BCUT2D eigenvalue weighted by Gasteiger charge is -2.12. The van der Waals surface area contributed by atoms with Gasteiger partial charge < -0.3 is 10.6 Å². The molecule has 0 saturated carbocycles. The van der Waals surface area contributed by atoms with Crippen LogP contribution in [-0.2, 0) is 4.79 Å². The molecule has 20 heavy (non-hydrogen) atoms. The molecule has 1 aromatic carbocycles. The van der Waals surface area contributed by atoms with Crippen molar-refractivity contribution in [2.45, 2.75) is 26.7 Å². The first kappa shape index (κ1) is 16.5. The van der Waals surface area contributed by atoms with Crippen LogP contribution in [0.25, 0.3) is 0 Å². The molecule has 110 valence electrons. The quantitative estimate of drug-likeness (QED) is 0.760. The Morgan fingerprint density at radius 1 is 1.25 bits per heavy atom. The first-order valence-corrected chi connectivity index (χ1v) is 7.31. The van der Waals surface area contributed by atoms with Crippen LogP contribution in [0.4, 0.5) is 5.69 Å². The molecular formula is C15H21ClN2O2. The Morgan fingerprint density at radius 2 is 1.95 bits per heavy atom. The number of hydrogen-bond donors (Lipinski definition) is 2. The summed E-state index contributed by atoms with van der Waals surface area (Å²) in [6, 6.07) is 6.99. The zero-order valence-corrected chi connectivity index (χ0v) is 12.7. The minimum absolute atomic E-state index is 0.130. The Morgan fingerprint density at radius 3 is 2.60 bits per heavy atom. The lowest BCUT2D eigenvalue weighted by Crippen LogP contribution is -2.28. The third kappa shape index (κ3) is 5.61. The van der Waals surface area contributed by atoms with Gasteiger partial charge in [-0.05, 0) is 24.5 Å². The average molecular weight is 297 g/mol. The van der Waals surface area contributed by atoms with Crippen molar-refractivity contribution in [2.24, 2.45) is 5.92 Å². The van der Waals surface area contributed by atoms with Gasteiger partial charge in [0.1, 0.15) is 0 Å². The number of alkyl halides is 1. The minimum Gasteiger partial charge on any atom is -0.352 e. The van der Waals surface area contributed by atoms with Crippen LogP contribution in [0.15, 0.2) is 24.3 Å². The van der Waals surface area contributed by atoms with E-state index in [2.05, 4.69) is 10.6 Å². The summed E-state index contributed by atoms with van der Waals surface area (Å²) in [5, 5.41) is 5.60. The van der Waals surface area contributed by atoms with Crippen LogP contribution in [0.3, 0.4) is 0 Å². The van der Waals surface area contributed by atoms with Gasteiger partial charge in [0.05, 0.1) is 11.3 Å². The Bertz CT molecular complexity index is 461.